The quantitative estimate of drug-likeness (QED) is 0.437. The summed E-state index contributed by atoms with van der Waals surface area (Å²) in [7, 11) is 0. The lowest BCUT2D eigenvalue weighted by molar-refractivity contribution is 0.475. The fourth-order valence-corrected chi connectivity index (χ4v) is 2.77. The average molecular weight is 347 g/mol. The maximum atomic E-state index is 10.2. The molecule has 25 heavy (non-hydrogen) atoms. The Bertz CT molecular complexity index is 1130. The first-order chi connectivity index (χ1) is 12.2. The maximum absolute atomic E-state index is 10.2. The summed E-state index contributed by atoms with van der Waals surface area (Å²) >= 11 is 5.26. The largest absolute Gasteiger partial charge is 0.507 e. The molecule has 0 aliphatic rings. The summed E-state index contributed by atoms with van der Waals surface area (Å²) in [4.78, 5) is 4.27. The Kier molecular flexibility index (Phi) is 3.83. The number of phenolic OH excluding ortho intramolecular Hbond substituents is 1. The maximum Gasteiger partial charge on any atom is 0.216 e. The third-order valence-corrected chi connectivity index (χ3v) is 4.06. The van der Waals surface area contributed by atoms with Crippen molar-refractivity contribution in [2.24, 2.45) is 5.10 Å². The van der Waals surface area contributed by atoms with Crippen LogP contribution < -0.4 is 0 Å². The summed E-state index contributed by atoms with van der Waals surface area (Å²) in [5.74, 6) is 0.651. The number of hydrogen-bond acceptors (Lipinski definition) is 5. The Morgan fingerprint density at radius 2 is 1.92 bits per heavy atom. The van der Waals surface area contributed by atoms with Crippen LogP contribution >= 0.6 is 12.2 Å². The number of rotatable bonds is 3. The number of aromatic amines is 1. The molecule has 4 aromatic rings. The number of benzene rings is 2. The predicted molar refractivity (Wildman–Crippen MR) is 99.2 cm³/mol. The summed E-state index contributed by atoms with van der Waals surface area (Å²) in [6.07, 6.45) is 3.26. The van der Waals surface area contributed by atoms with Gasteiger partial charge in [-0.2, -0.15) is 14.9 Å². The van der Waals surface area contributed by atoms with Crippen molar-refractivity contribution < 1.29 is 5.11 Å². The van der Waals surface area contributed by atoms with E-state index in [1.807, 2.05) is 48.5 Å². The van der Waals surface area contributed by atoms with E-state index in [1.165, 1.54) is 4.68 Å². The lowest BCUT2D eigenvalue weighted by Gasteiger charge is -2.05. The zero-order chi connectivity index (χ0) is 17.2. The normalized spacial score (nSPS) is 11.4. The van der Waals surface area contributed by atoms with Crippen LogP contribution in [0.2, 0.25) is 0 Å². The van der Waals surface area contributed by atoms with Crippen molar-refractivity contribution in [2.75, 3.05) is 0 Å². The molecule has 122 valence electrons. The molecule has 2 aromatic carbocycles. The van der Waals surface area contributed by atoms with Gasteiger partial charge in [0.25, 0.3) is 0 Å². The molecule has 0 saturated heterocycles. The zero-order valence-electron chi connectivity index (χ0n) is 13.0. The molecule has 6 nitrogen and oxygen atoms in total. The Hall–Kier alpha value is -3.32. The van der Waals surface area contributed by atoms with Crippen molar-refractivity contribution in [3.05, 3.63) is 71.1 Å². The minimum absolute atomic E-state index is 0.150. The molecule has 0 spiro atoms. The fraction of sp³-hybridized carbons (Fsp3) is 0. The molecule has 0 bridgehead atoms. The summed E-state index contributed by atoms with van der Waals surface area (Å²) in [5, 5.41) is 23.5. The summed E-state index contributed by atoms with van der Waals surface area (Å²) in [6.45, 7) is 0. The van der Waals surface area contributed by atoms with Crippen LogP contribution in [-0.4, -0.2) is 31.2 Å². The van der Waals surface area contributed by atoms with Crippen LogP contribution in [0.1, 0.15) is 5.56 Å². The molecule has 0 unspecified atom stereocenters. The molecule has 2 heterocycles. The zero-order valence-corrected chi connectivity index (χ0v) is 13.8. The molecule has 0 radical (unpaired) electrons. The number of phenols is 1. The Balaban J connectivity index is 1.84. The first-order valence-electron chi connectivity index (χ1n) is 7.58. The SMILES string of the molecule is Oc1ccc2ccccc2c1/C=N/n1c(-c2ccccn2)n[nH]c1=S. The highest BCUT2D eigenvalue weighted by Gasteiger charge is 2.10. The predicted octanol–water partition coefficient (Wildman–Crippen LogP) is 3.74. The van der Waals surface area contributed by atoms with Gasteiger partial charge in [-0.15, -0.1) is 0 Å². The van der Waals surface area contributed by atoms with E-state index in [-0.39, 0.29) is 5.75 Å². The Labute approximate surface area is 148 Å². The molecule has 0 amide bonds. The number of hydrogen-bond donors (Lipinski definition) is 2. The van der Waals surface area contributed by atoms with E-state index in [0.29, 0.717) is 21.9 Å². The third-order valence-electron chi connectivity index (χ3n) is 3.79. The standard InChI is InChI=1S/C18H13N5OS/c24-16-9-8-12-5-1-2-6-13(12)14(16)11-20-23-17(21-22-18(23)25)15-7-3-4-10-19-15/h1-11,24H,(H,22,25)/b20-11+. The second-order valence-electron chi connectivity index (χ2n) is 5.34. The number of pyridine rings is 1. The highest BCUT2D eigenvalue weighted by atomic mass is 32.1. The molecule has 7 heteroatoms. The molecule has 0 saturated carbocycles. The van der Waals surface area contributed by atoms with Crippen molar-refractivity contribution in [2.45, 2.75) is 0 Å². The van der Waals surface area contributed by atoms with Crippen LogP contribution in [0.15, 0.2) is 65.9 Å². The van der Waals surface area contributed by atoms with Gasteiger partial charge >= 0.3 is 0 Å². The van der Waals surface area contributed by atoms with Gasteiger partial charge in [-0.25, -0.2) is 5.10 Å². The molecule has 0 aliphatic heterocycles. The molecule has 2 N–H and O–H groups in total. The van der Waals surface area contributed by atoms with Gasteiger partial charge in [-0.3, -0.25) is 4.98 Å². The number of aromatic hydroxyl groups is 1. The second kappa shape index (κ2) is 6.29. The van der Waals surface area contributed by atoms with Crippen molar-refractivity contribution in [3.8, 4) is 17.3 Å². The van der Waals surface area contributed by atoms with Gasteiger partial charge in [0.05, 0.1) is 6.21 Å². The van der Waals surface area contributed by atoms with Gasteiger partial charge in [0.1, 0.15) is 11.4 Å². The van der Waals surface area contributed by atoms with E-state index in [9.17, 15) is 5.11 Å². The van der Waals surface area contributed by atoms with Crippen LogP contribution in [0.4, 0.5) is 0 Å². The van der Waals surface area contributed by atoms with E-state index in [4.69, 9.17) is 12.2 Å². The third kappa shape index (κ3) is 2.81. The number of fused-ring (bicyclic) bond motifs is 1. The number of nitrogens with one attached hydrogen (secondary N) is 1. The molecule has 0 fully saturated rings. The van der Waals surface area contributed by atoms with Gasteiger partial charge in [0.2, 0.25) is 10.6 Å². The van der Waals surface area contributed by atoms with E-state index in [1.54, 1.807) is 18.5 Å². The van der Waals surface area contributed by atoms with Gasteiger partial charge in [-0.1, -0.05) is 36.4 Å². The van der Waals surface area contributed by atoms with Gasteiger partial charge in [0.15, 0.2) is 0 Å². The molecular formula is C18H13N5OS. The van der Waals surface area contributed by atoms with Crippen molar-refractivity contribution in [1.29, 1.82) is 0 Å². The van der Waals surface area contributed by atoms with E-state index < -0.39 is 0 Å². The van der Waals surface area contributed by atoms with Gasteiger partial charge in [-0.05, 0) is 41.2 Å². The highest BCUT2D eigenvalue weighted by molar-refractivity contribution is 7.71. The minimum atomic E-state index is 0.150. The summed E-state index contributed by atoms with van der Waals surface area (Å²) in [5.41, 5.74) is 1.27. The van der Waals surface area contributed by atoms with Crippen LogP contribution in [0.3, 0.4) is 0 Å². The topological polar surface area (TPSA) is 79.1 Å². The lowest BCUT2D eigenvalue weighted by Crippen LogP contribution is -1.97. The van der Waals surface area contributed by atoms with E-state index in [2.05, 4.69) is 20.3 Å². The lowest BCUT2D eigenvalue weighted by atomic mass is 10.0. The fourth-order valence-electron chi connectivity index (χ4n) is 2.59. The van der Waals surface area contributed by atoms with Crippen LogP contribution in [-0.2, 0) is 0 Å². The van der Waals surface area contributed by atoms with Gasteiger partial charge in [0, 0.05) is 11.8 Å². The van der Waals surface area contributed by atoms with Crippen molar-refractivity contribution in [1.82, 2.24) is 19.9 Å². The van der Waals surface area contributed by atoms with Gasteiger partial charge < -0.3 is 5.11 Å². The Morgan fingerprint density at radius 1 is 1.08 bits per heavy atom. The molecule has 0 aliphatic carbocycles. The second-order valence-corrected chi connectivity index (χ2v) is 5.73. The first kappa shape index (κ1) is 15.2. The monoisotopic (exact) mass is 347 g/mol. The van der Waals surface area contributed by atoms with Crippen molar-refractivity contribution in [3.63, 3.8) is 0 Å². The van der Waals surface area contributed by atoms with Crippen LogP contribution in [0, 0.1) is 4.77 Å². The highest BCUT2D eigenvalue weighted by Crippen LogP contribution is 2.25. The van der Waals surface area contributed by atoms with E-state index in [0.717, 1.165) is 10.8 Å². The molecule has 4 rings (SSSR count). The number of nitrogens with zero attached hydrogens (tertiary/aromatic N) is 4. The minimum Gasteiger partial charge on any atom is -0.507 e. The first-order valence-corrected chi connectivity index (χ1v) is 7.99. The van der Waals surface area contributed by atoms with Crippen molar-refractivity contribution >= 4 is 29.2 Å². The van der Waals surface area contributed by atoms with Crippen LogP contribution in [0.5, 0.6) is 5.75 Å². The molecule has 0 atom stereocenters. The molecular weight excluding hydrogens is 334 g/mol. The Morgan fingerprint density at radius 3 is 2.76 bits per heavy atom. The summed E-state index contributed by atoms with van der Waals surface area (Å²) < 4.78 is 1.83. The smallest absolute Gasteiger partial charge is 0.216 e. The average Bonchev–Trinajstić information content (AvgIpc) is 3.02. The van der Waals surface area contributed by atoms with Crippen LogP contribution in [0.25, 0.3) is 22.3 Å². The number of aromatic nitrogens is 4. The van der Waals surface area contributed by atoms with E-state index >= 15 is 0 Å². The number of H-pyrrole nitrogens is 1. The summed E-state index contributed by atoms with van der Waals surface area (Å²) in [6, 6.07) is 16.8. The molecule has 2 aromatic heterocycles.